The van der Waals surface area contributed by atoms with Crippen LogP contribution in [0.2, 0.25) is 15.1 Å². The van der Waals surface area contributed by atoms with Gasteiger partial charge in [0.05, 0.1) is 17.8 Å². The molecule has 0 radical (unpaired) electrons. The highest BCUT2D eigenvalue weighted by atomic mass is 35.5. The fourth-order valence-electron chi connectivity index (χ4n) is 2.82. The topological polar surface area (TPSA) is 55.4 Å². The van der Waals surface area contributed by atoms with E-state index in [-0.39, 0.29) is 5.78 Å². The van der Waals surface area contributed by atoms with Gasteiger partial charge < -0.3 is 10.1 Å². The summed E-state index contributed by atoms with van der Waals surface area (Å²) in [6, 6.07) is 16.6. The van der Waals surface area contributed by atoms with Gasteiger partial charge in [0.1, 0.15) is 5.75 Å². The summed E-state index contributed by atoms with van der Waals surface area (Å²) in [4.78, 5) is 25.4. The molecule has 0 saturated carbocycles. The fourth-order valence-corrected chi connectivity index (χ4v) is 3.58. The third-order valence-electron chi connectivity index (χ3n) is 4.18. The number of rotatable bonds is 6. The standard InChI is InChI=1S/C23H16Cl3NO3/c1-30-23-15(11-17(25)13-19(23)26)7-10-21(28)27-20-9-8-16(24)12-18(20)22(29)14-5-3-2-4-6-14/h2-13H,1H3,(H,27,28)/b10-7+. The average Bonchev–Trinajstić information content (AvgIpc) is 2.73. The van der Waals surface area contributed by atoms with Gasteiger partial charge in [0.2, 0.25) is 5.91 Å². The van der Waals surface area contributed by atoms with Crippen LogP contribution in [0.4, 0.5) is 5.69 Å². The van der Waals surface area contributed by atoms with Gasteiger partial charge >= 0.3 is 0 Å². The first-order valence-electron chi connectivity index (χ1n) is 8.80. The molecule has 0 heterocycles. The van der Waals surface area contributed by atoms with Crippen LogP contribution >= 0.6 is 34.8 Å². The summed E-state index contributed by atoms with van der Waals surface area (Å²) in [5.41, 5.74) is 1.67. The van der Waals surface area contributed by atoms with Gasteiger partial charge in [0.25, 0.3) is 0 Å². The highest BCUT2D eigenvalue weighted by molar-refractivity contribution is 6.36. The molecule has 3 aromatic rings. The number of ketones is 1. The van der Waals surface area contributed by atoms with Crippen LogP contribution in [0.1, 0.15) is 21.5 Å². The lowest BCUT2D eigenvalue weighted by atomic mass is 10.0. The lowest BCUT2D eigenvalue weighted by Gasteiger charge is -2.10. The molecule has 0 bridgehead atoms. The maximum absolute atomic E-state index is 12.9. The zero-order chi connectivity index (χ0) is 21.7. The molecule has 1 amide bonds. The first-order valence-corrected chi connectivity index (χ1v) is 9.94. The molecule has 3 aromatic carbocycles. The molecule has 0 saturated heterocycles. The monoisotopic (exact) mass is 459 g/mol. The van der Waals surface area contributed by atoms with Gasteiger partial charge in [0, 0.05) is 32.8 Å². The Kier molecular flexibility index (Phi) is 7.16. The molecule has 0 spiro atoms. The fraction of sp³-hybridized carbons (Fsp3) is 0.0435. The Hall–Kier alpha value is -2.79. The molecule has 0 aliphatic rings. The van der Waals surface area contributed by atoms with Crippen LogP contribution in [0, 0.1) is 0 Å². The molecule has 3 rings (SSSR count). The molecule has 0 aromatic heterocycles. The van der Waals surface area contributed by atoms with Crippen molar-refractivity contribution in [1.82, 2.24) is 0 Å². The van der Waals surface area contributed by atoms with Crippen LogP contribution in [-0.2, 0) is 4.79 Å². The Morgan fingerprint density at radius 2 is 1.67 bits per heavy atom. The van der Waals surface area contributed by atoms with Gasteiger partial charge in [0.15, 0.2) is 5.78 Å². The minimum absolute atomic E-state index is 0.249. The van der Waals surface area contributed by atoms with E-state index in [9.17, 15) is 9.59 Å². The molecular formula is C23H16Cl3NO3. The van der Waals surface area contributed by atoms with Gasteiger partial charge in [-0.05, 0) is 36.4 Å². The molecule has 0 unspecified atom stereocenters. The van der Waals surface area contributed by atoms with Crippen LogP contribution in [0.5, 0.6) is 5.75 Å². The van der Waals surface area contributed by atoms with Crippen LogP contribution in [-0.4, -0.2) is 18.8 Å². The van der Waals surface area contributed by atoms with E-state index in [4.69, 9.17) is 39.5 Å². The lowest BCUT2D eigenvalue weighted by molar-refractivity contribution is -0.111. The smallest absolute Gasteiger partial charge is 0.248 e. The molecule has 0 fully saturated rings. The second-order valence-electron chi connectivity index (χ2n) is 6.22. The maximum atomic E-state index is 12.9. The Morgan fingerprint density at radius 1 is 0.933 bits per heavy atom. The van der Waals surface area contributed by atoms with Crippen LogP contribution < -0.4 is 10.1 Å². The van der Waals surface area contributed by atoms with Crippen molar-refractivity contribution in [2.45, 2.75) is 0 Å². The first kappa shape index (κ1) is 21.9. The Morgan fingerprint density at radius 3 is 2.37 bits per heavy atom. The van der Waals surface area contributed by atoms with Gasteiger partial charge in [-0.15, -0.1) is 0 Å². The number of nitrogens with one attached hydrogen (secondary N) is 1. The van der Waals surface area contributed by atoms with E-state index in [1.807, 2.05) is 6.07 Å². The predicted molar refractivity (Wildman–Crippen MR) is 122 cm³/mol. The number of ether oxygens (including phenoxy) is 1. The Labute approximate surface area is 189 Å². The van der Waals surface area contributed by atoms with Crippen molar-refractivity contribution in [3.8, 4) is 5.75 Å². The van der Waals surface area contributed by atoms with E-state index >= 15 is 0 Å². The van der Waals surface area contributed by atoms with Crippen LogP contribution in [0.25, 0.3) is 6.08 Å². The summed E-state index contributed by atoms with van der Waals surface area (Å²) < 4.78 is 5.26. The van der Waals surface area contributed by atoms with E-state index in [1.165, 1.54) is 25.3 Å². The van der Waals surface area contributed by atoms with Crippen molar-refractivity contribution in [3.63, 3.8) is 0 Å². The molecule has 0 aliphatic heterocycles. The summed E-state index contributed by atoms with van der Waals surface area (Å²) in [5.74, 6) is -0.296. The number of halogens is 3. The van der Waals surface area contributed by atoms with Gasteiger partial charge in [-0.2, -0.15) is 0 Å². The highest BCUT2D eigenvalue weighted by Gasteiger charge is 2.15. The summed E-state index contributed by atoms with van der Waals surface area (Å²) in [7, 11) is 1.47. The lowest BCUT2D eigenvalue weighted by Crippen LogP contribution is -2.12. The van der Waals surface area contributed by atoms with Crippen LogP contribution in [0.15, 0.2) is 66.7 Å². The molecule has 30 heavy (non-hydrogen) atoms. The average molecular weight is 461 g/mol. The van der Waals surface area contributed by atoms with Gasteiger partial charge in [-0.1, -0.05) is 65.1 Å². The summed E-state index contributed by atoms with van der Waals surface area (Å²) in [5, 5.41) is 3.85. The number of anilines is 1. The summed E-state index contributed by atoms with van der Waals surface area (Å²) >= 11 is 18.2. The summed E-state index contributed by atoms with van der Waals surface area (Å²) in [6.45, 7) is 0. The molecule has 1 N–H and O–H groups in total. The van der Waals surface area contributed by atoms with Crippen molar-refractivity contribution >= 4 is 58.3 Å². The quantitative estimate of drug-likeness (QED) is 0.336. The molecule has 7 heteroatoms. The van der Waals surface area contributed by atoms with Crippen molar-refractivity contribution in [3.05, 3.63) is 98.5 Å². The normalized spacial score (nSPS) is 10.8. The zero-order valence-electron chi connectivity index (χ0n) is 15.8. The summed E-state index contributed by atoms with van der Waals surface area (Å²) in [6.07, 6.45) is 2.83. The van der Waals surface area contributed by atoms with Crippen LogP contribution in [0.3, 0.4) is 0 Å². The minimum Gasteiger partial charge on any atom is -0.495 e. The highest BCUT2D eigenvalue weighted by Crippen LogP contribution is 2.33. The number of amides is 1. The number of benzene rings is 3. The van der Waals surface area contributed by atoms with E-state index in [1.54, 1.807) is 48.5 Å². The minimum atomic E-state index is -0.447. The number of hydrogen-bond acceptors (Lipinski definition) is 3. The van der Waals surface area contributed by atoms with Crippen molar-refractivity contribution < 1.29 is 14.3 Å². The molecular weight excluding hydrogens is 445 g/mol. The first-order chi connectivity index (χ1) is 14.4. The maximum Gasteiger partial charge on any atom is 0.248 e. The molecule has 0 atom stereocenters. The van der Waals surface area contributed by atoms with E-state index in [0.717, 1.165) is 0 Å². The molecule has 4 nitrogen and oxygen atoms in total. The number of carbonyl (C=O) groups is 2. The number of methoxy groups -OCH3 is 1. The van der Waals surface area contributed by atoms with E-state index < -0.39 is 5.91 Å². The SMILES string of the molecule is COc1c(Cl)cc(Cl)cc1/C=C/C(=O)Nc1ccc(Cl)cc1C(=O)c1ccccc1. The number of hydrogen-bond donors (Lipinski definition) is 1. The third kappa shape index (κ3) is 5.22. The van der Waals surface area contributed by atoms with Gasteiger partial charge in [-0.3, -0.25) is 9.59 Å². The van der Waals surface area contributed by atoms with Crippen molar-refractivity contribution in [2.75, 3.05) is 12.4 Å². The third-order valence-corrected chi connectivity index (χ3v) is 4.91. The second-order valence-corrected chi connectivity index (χ2v) is 7.50. The van der Waals surface area contributed by atoms with E-state index in [0.29, 0.717) is 43.2 Å². The molecule has 0 aliphatic carbocycles. The molecule has 152 valence electrons. The van der Waals surface area contributed by atoms with Crippen molar-refractivity contribution in [2.24, 2.45) is 0 Å². The second kappa shape index (κ2) is 9.81. The van der Waals surface area contributed by atoms with E-state index in [2.05, 4.69) is 5.32 Å². The number of carbonyl (C=O) groups excluding carboxylic acids is 2. The van der Waals surface area contributed by atoms with Crippen molar-refractivity contribution in [1.29, 1.82) is 0 Å². The Bertz CT molecular complexity index is 1130. The Balaban J connectivity index is 1.86. The zero-order valence-corrected chi connectivity index (χ0v) is 18.1. The van der Waals surface area contributed by atoms with Gasteiger partial charge in [-0.25, -0.2) is 0 Å². The predicted octanol–water partition coefficient (Wildman–Crippen LogP) is 6.54. The largest absolute Gasteiger partial charge is 0.495 e.